The van der Waals surface area contributed by atoms with Gasteiger partial charge in [-0.1, -0.05) is 11.6 Å². The maximum absolute atomic E-state index is 12.0. The van der Waals surface area contributed by atoms with Gasteiger partial charge in [-0.3, -0.25) is 4.79 Å². The summed E-state index contributed by atoms with van der Waals surface area (Å²) >= 11 is 5.91. The van der Waals surface area contributed by atoms with Gasteiger partial charge in [-0.25, -0.2) is 0 Å². The van der Waals surface area contributed by atoms with Gasteiger partial charge in [0.15, 0.2) is 0 Å². The maximum atomic E-state index is 12.0. The molecule has 0 saturated heterocycles. The van der Waals surface area contributed by atoms with E-state index in [0.717, 1.165) is 22.7 Å². The molecule has 5 heteroatoms. The SMILES string of the molecule is Cc1cc(Cl)ccc1NCC(=O)Nc1ccc(OC(C)C)cc1. The third-order valence-electron chi connectivity index (χ3n) is 3.14. The summed E-state index contributed by atoms with van der Waals surface area (Å²) in [4.78, 5) is 12.0. The molecule has 0 aromatic heterocycles. The van der Waals surface area contributed by atoms with Crippen LogP contribution in [0.4, 0.5) is 11.4 Å². The molecular weight excluding hydrogens is 312 g/mol. The largest absolute Gasteiger partial charge is 0.491 e. The fraction of sp³-hybridized carbons (Fsp3) is 0.278. The number of anilines is 2. The van der Waals surface area contributed by atoms with Crippen LogP contribution in [0, 0.1) is 6.92 Å². The number of hydrogen-bond acceptors (Lipinski definition) is 3. The first-order valence-electron chi connectivity index (χ1n) is 7.50. The Hall–Kier alpha value is -2.20. The lowest BCUT2D eigenvalue weighted by atomic mass is 10.2. The summed E-state index contributed by atoms with van der Waals surface area (Å²) in [6.07, 6.45) is 0.127. The van der Waals surface area contributed by atoms with Crippen LogP contribution in [0.1, 0.15) is 19.4 Å². The Balaban J connectivity index is 1.87. The van der Waals surface area contributed by atoms with Crippen molar-refractivity contribution < 1.29 is 9.53 Å². The van der Waals surface area contributed by atoms with Crippen molar-refractivity contribution in [3.8, 4) is 5.75 Å². The van der Waals surface area contributed by atoms with Crippen LogP contribution in [0.2, 0.25) is 5.02 Å². The normalized spacial score (nSPS) is 10.5. The van der Waals surface area contributed by atoms with Crippen molar-refractivity contribution in [3.63, 3.8) is 0 Å². The first-order chi connectivity index (χ1) is 10.9. The third-order valence-corrected chi connectivity index (χ3v) is 3.37. The van der Waals surface area contributed by atoms with E-state index in [1.807, 2.05) is 57.2 Å². The first-order valence-corrected chi connectivity index (χ1v) is 7.88. The average Bonchev–Trinajstić information content (AvgIpc) is 2.48. The second-order valence-corrected chi connectivity index (χ2v) is 5.99. The number of amides is 1. The van der Waals surface area contributed by atoms with Gasteiger partial charge in [0.2, 0.25) is 5.91 Å². The van der Waals surface area contributed by atoms with E-state index in [1.54, 1.807) is 6.07 Å². The Labute approximate surface area is 141 Å². The molecule has 0 radical (unpaired) electrons. The number of carbonyl (C=O) groups is 1. The number of aryl methyl sites for hydroxylation is 1. The third kappa shape index (κ3) is 5.49. The number of halogens is 1. The second-order valence-electron chi connectivity index (χ2n) is 5.55. The van der Waals surface area contributed by atoms with Crippen molar-refractivity contribution >= 4 is 28.9 Å². The van der Waals surface area contributed by atoms with Crippen molar-refractivity contribution in [1.82, 2.24) is 0 Å². The molecule has 0 aliphatic heterocycles. The van der Waals surface area contributed by atoms with Gasteiger partial charge < -0.3 is 15.4 Å². The van der Waals surface area contributed by atoms with Crippen molar-refractivity contribution in [2.24, 2.45) is 0 Å². The lowest BCUT2D eigenvalue weighted by molar-refractivity contribution is -0.114. The minimum atomic E-state index is -0.114. The number of hydrogen-bond donors (Lipinski definition) is 2. The average molecular weight is 333 g/mol. The summed E-state index contributed by atoms with van der Waals surface area (Å²) in [7, 11) is 0. The zero-order chi connectivity index (χ0) is 16.8. The topological polar surface area (TPSA) is 50.4 Å². The van der Waals surface area contributed by atoms with Crippen LogP contribution >= 0.6 is 11.6 Å². The van der Waals surface area contributed by atoms with Crippen LogP contribution in [0.5, 0.6) is 5.75 Å². The summed E-state index contributed by atoms with van der Waals surface area (Å²) in [5, 5.41) is 6.62. The Morgan fingerprint density at radius 2 is 1.87 bits per heavy atom. The number of benzene rings is 2. The molecule has 4 nitrogen and oxygen atoms in total. The van der Waals surface area contributed by atoms with Crippen LogP contribution in [-0.4, -0.2) is 18.6 Å². The number of nitrogens with one attached hydrogen (secondary N) is 2. The molecule has 0 atom stereocenters. The fourth-order valence-electron chi connectivity index (χ4n) is 2.10. The van der Waals surface area contributed by atoms with Crippen molar-refractivity contribution in [2.45, 2.75) is 26.9 Å². The number of carbonyl (C=O) groups excluding carboxylic acids is 1. The standard InChI is InChI=1S/C18H21ClN2O2/c1-12(2)23-16-7-5-15(6-8-16)21-18(22)11-20-17-9-4-14(19)10-13(17)3/h4-10,12,20H,11H2,1-3H3,(H,21,22). The van der Waals surface area contributed by atoms with Crippen LogP contribution in [0.3, 0.4) is 0 Å². The minimum absolute atomic E-state index is 0.114. The van der Waals surface area contributed by atoms with E-state index in [2.05, 4.69) is 10.6 Å². The van der Waals surface area contributed by atoms with Crippen LogP contribution in [0.15, 0.2) is 42.5 Å². The van der Waals surface area contributed by atoms with Gasteiger partial charge in [-0.15, -0.1) is 0 Å². The smallest absolute Gasteiger partial charge is 0.243 e. The van der Waals surface area contributed by atoms with E-state index < -0.39 is 0 Å². The van der Waals surface area contributed by atoms with E-state index in [9.17, 15) is 4.79 Å². The summed E-state index contributed by atoms with van der Waals surface area (Å²) in [5.74, 6) is 0.671. The highest BCUT2D eigenvalue weighted by Crippen LogP contribution is 2.20. The molecule has 2 rings (SSSR count). The summed E-state index contributed by atoms with van der Waals surface area (Å²) < 4.78 is 5.57. The molecule has 0 unspecified atom stereocenters. The highest BCUT2D eigenvalue weighted by Gasteiger charge is 2.05. The quantitative estimate of drug-likeness (QED) is 0.819. The molecule has 2 aromatic carbocycles. The number of ether oxygens (including phenoxy) is 1. The highest BCUT2D eigenvalue weighted by molar-refractivity contribution is 6.30. The van der Waals surface area contributed by atoms with Crippen molar-refractivity contribution in [1.29, 1.82) is 0 Å². The molecule has 0 fully saturated rings. The molecule has 2 N–H and O–H groups in total. The van der Waals surface area contributed by atoms with E-state index >= 15 is 0 Å². The predicted molar refractivity (Wildman–Crippen MR) is 95.5 cm³/mol. The molecule has 2 aromatic rings. The molecule has 0 heterocycles. The van der Waals surface area contributed by atoms with Crippen LogP contribution in [0.25, 0.3) is 0 Å². The molecule has 23 heavy (non-hydrogen) atoms. The van der Waals surface area contributed by atoms with E-state index in [1.165, 1.54) is 0 Å². The summed E-state index contributed by atoms with van der Waals surface area (Å²) in [6.45, 7) is 6.08. The predicted octanol–water partition coefficient (Wildman–Crippen LogP) is 4.49. The van der Waals surface area contributed by atoms with E-state index in [4.69, 9.17) is 16.3 Å². The summed E-state index contributed by atoms with van der Waals surface area (Å²) in [5.41, 5.74) is 2.63. The minimum Gasteiger partial charge on any atom is -0.491 e. The van der Waals surface area contributed by atoms with Crippen LogP contribution in [-0.2, 0) is 4.79 Å². The monoisotopic (exact) mass is 332 g/mol. The number of rotatable bonds is 6. The van der Waals surface area contributed by atoms with E-state index in [0.29, 0.717) is 5.02 Å². The zero-order valence-electron chi connectivity index (χ0n) is 13.5. The van der Waals surface area contributed by atoms with Crippen LogP contribution < -0.4 is 15.4 Å². The van der Waals surface area contributed by atoms with Gasteiger partial charge in [0, 0.05) is 16.4 Å². The molecule has 0 bridgehead atoms. The molecular formula is C18H21ClN2O2. The first kappa shape index (κ1) is 17.2. The van der Waals surface area contributed by atoms with Gasteiger partial charge in [0.05, 0.1) is 12.6 Å². The Kier molecular flexibility index (Phi) is 5.88. The van der Waals surface area contributed by atoms with Gasteiger partial charge in [0.1, 0.15) is 5.75 Å². The van der Waals surface area contributed by atoms with Gasteiger partial charge in [-0.2, -0.15) is 0 Å². The Bertz CT molecular complexity index is 669. The van der Waals surface area contributed by atoms with Crippen molar-refractivity contribution in [3.05, 3.63) is 53.1 Å². The van der Waals surface area contributed by atoms with E-state index in [-0.39, 0.29) is 18.6 Å². The maximum Gasteiger partial charge on any atom is 0.243 e. The second kappa shape index (κ2) is 7.88. The fourth-order valence-corrected chi connectivity index (χ4v) is 2.32. The summed E-state index contributed by atoms with van der Waals surface area (Å²) in [6, 6.07) is 12.8. The lowest BCUT2D eigenvalue weighted by Crippen LogP contribution is -2.22. The Morgan fingerprint density at radius 3 is 2.48 bits per heavy atom. The zero-order valence-corrected chi connectivity index (χ0v) is 14.3. The lowest BCUT2D eigenvalue weighted by Gasteiger charge is -2.12. The molecule has 0 spiro atoms. The van der Waals surface area contributed by atoms with Crippen molar-refractivity contribution in [2.75, 3.05) is 17.2 Å². The van der Waals surface area contributed by atoms with Gasteiger partial charge >= 0.3 is 0 Å². The molecule has 1 amide bonds. The highest BCUT2D eigenvalue weighted by atomic mass is 35.5. The van der Waals surface area contributed by atoms with Gasteiger partial charge in [0.25, 0.3) is 0 Å². The molecule has 122 valence electrons. The molecule has 0 aliphatic rings. The van der Waals surface area contributed by atoms with Gasteiger partial charge in [-0.05, 0) is 68.8 Å². The Morgan fingerprint density at radius 1 is 1.17 bits per heavy atom. The molecule has 0 saturated carbocycles. The molecule has 0 aliphatic carbocycles.